The summed E-state index contributed by atoms with van der Waals surface area (Å²) in [6, 6.07) is 2.40. The van der Waals surface area contributed by atoms with Gasteiger partial charge >= 0.3 is 6.01 Å². The molecule has 7 heteroatoms. The first-order valence-corrected chi connectivity index (χ1v) is 6.42. The molecule has 0 saturated heterocycles. The van der Waals surface area contributed by atoms with E-state index in [1.807, 2.05) is 18.9 Å². The van der Waals surface area contributed by atoms with Gasteiger partial charge in [-0.1, -0.05) is 6.92 Å². The molecule has 1 rings (SSSR count). The van der Waals surface area contributed by atoms with Gasteiger partial charge in [0.15, 0.2) is 0 Å². The van der Waals surface area contributed by atoms with Crippen molar-refractivity contribution in [2.45, 2.75) is 26.7 Å². The maximum atomic E-state index is 8.60. The molecule has 0 fully saturated rings. The number of hydrogen-bond donors (Lipinski definition) is 1. The lowest BCUT2D eigenvalue weighted by Gasteiger charge is -2.16. The van der Waals surface area contributed by atoms with Crippen LogP contribution in [0.25, 0.3) is 0 Å². The topological polar surface area (TPSA) is 87.0 Å². The zero-order valence-electron chi connectivity index (χ0n) is 11.7. The summed E-state index contributed by atoms with van der Waals surface area (Å²) in [5.74, 6) is 1.01. The molecule has 0 radical (unpaired) electrons. The highest BCUT2D eigenvalue weighted by molar-refractivity contribution is 5.37. The number of nitrogens with one attached hydrogen (secondary N) is 1. The molecule has 19 heavy (non-hydrogen) atoms. The highest BCUT2D eigenvalue weighted by Gasteiger charge is 2.10. The quantitative estimate of drug-likeness (QED) is 0.760. The van der Waals surface area contributed by atoms with Crippen molar-refractivity contribution in [2.24, 2.45) is 0 Å². The minimum absolute atomic E-state index is 0.301. The fourth-order valence-electron chi connectivity index (χ4n) is 1.34. The van der Waals surface area contributed by atoms with Crippen LogP contribution in [-0.2, 0) is 0 Å². The highest BCUT2D eigenvalue weighted by Crippen LogP contribution is 2.14. The molecule has 0 atom stereocenters. The number of ether oxygens (including phenoxy) is 1. The summed E-state index contributed by atoms with van der Waals surface area (Å²) in [5, 5.41) is 11.7. The van der Waals surface area contributed by atoms with E-state index in [0.29, 0.717) is 37.5 Å². The van der Waals surface area contributed by atoms with Gasteiger partial charge in [-0.15, -0.1) is 0 Å². The first-order valence-electron chi connectivity index (χ1n) is 6.42. The zero-order valence-corrected chi connectivity index (χ0v) is 11.7. The van der Waals surface area contributed by atoms with Gasteiger partial charge in [-0.05, 0) is 13.3 Å². The van der Waals surface area contributed by atoms with E-state index < -0.39 is 0 Å². The number of anilines is 2. The Labute approximate surface area is 113 Å². The molecule has 1 aromatic heterocycles. The second kappa shape index (κ2) is 8.08. The smallest absolute Gasteiger partial charge is 0.323 e. The fourth-order valence-corrected chi connectivity index (χ4v) is 1.34. The molecule has 0 amide bonds. The zero-order chi connectivity index (χ0) is 14.1. The molecular formula is C12H20N6O. The van der Waals surface area contributed by atoms with E-state index in [1.165, 1.54) is 0 Å². The second-order valence-electron chi connectivity index (χ2n) is 3.93. The summed E-state index contributed by atoms with van der Waals surface area (Å²) in [6.07, 6.45) is 1.40. The van der Waals surface area contributed by atoms with E-state index in [4.69, 9.17) is 10.00 Å². The Balaban J connectivity index is 2.88. The predicted molar refractivity (Wildman–Crippen MR) is 73.3 cm³/mol. The summed E-state index contributed by atoms with van der Waals surface area (Å²) in [6.45, 7) is 5.80. The molecule has 7 nitrogen and oxygen atoms in total. The van der Waals surface area contributed by atoms with Crippen molar-refractivity contribution in [1.82, 2.24) is 15.0 Å². The second-order valence-corrected chi connectivity index (χ2v) is 3.93. The third-order valence-electron chi connectivity index (χ3n) is 2.31. The van der Waals surface area contributed by atoms with Crippen molar-refractivity contribution < 1.29 is 4.74 Å². The number of aromatic nitrogens is 3. The van der Waals surface area contributed by atoms with Crippen LogP contribution in [0.5, 0.6) is 6.01 Å². The Morgan fingerprint density at radius 3 is 2.74 bits per heavy atom. The Morgan fingerprint density at radius 1 is 1.32 bits per heavy atom. The molecule has 0 saturated carbocycles. The van der Waals surface area contributed by atoms with E-state index in [1.54, 1.807) is 0 Å². The SMILES string of the molecule is CCCNc1nc(OCC)nc(N(C)CCC#N)n1. The maximum absolute atomic E-state index is 8.60. The number of rotatable bonds is 8. The van der Waals surface area contributed by atoms with Gasteiger partial charge in [-0.3, -0.25) is 0 Å². The van der Waals surface area contributed by atoms with Crippen LogP contribution in [0.1, 0.15) is 26.7 Å². The minimum Gasteiger partial charge on any atom is -0.464 e. The van der Waals surface area contributed by atoms with Crippen LogP contribution >= 0.6 is 0 Å². The van der Waals surface area contributed by atoms with Crippen molar-refractivity contribution >= 4 is 11.9 Å². The first-order chi connectivity index (χ1) is 9.21. The third-order valence-corrected chi connectivity index (χ3v) is 2.31. The van der Waals surface area contributed by atoms with Crippen molar-refractivity contribution in [3.8, 4) is 12.1 Å². The molecule has 1 heterocycles. The third kappa shape index (κ3) is 4.95. The Hall–Kier alpha value is -2.10. The monoisotopic (exact) mass is 264 g/mol. The molecule has 0 aliphatic carbocycles. The van der Waals surface area contributed by atoms with Crippen LogP contribution in [0.2, 0.25) is 0 Å². The van der Waals surface area contributed by atoms with Gasteiger partial charge in [-0.2, -0.15) is 20.2 Å². The molecular weight excluding hydrogens is 244 g/mol. The van der Waals surface area contributed by atoms with Gasteiger partial charge in [0.05, 0.1) is 19.1 Å². The summed E-state index contributed by atoms with van der Waals surface area (Å²) in [5.41, 5.74) is 0. The number of nitrogens with zero attached hydrogens (tertiary/aromatic N) is 5. The van der Waals surface area contributed by atoms with E-state index in [-0.39, 0.29) is 0 Å². The standard InChI is InChI=1S/C12H20N6O/c1-4-8-14-10-15-11(18(3)9-6-7-13)17-12(16-10)19-5-2/h4-6,8-9H2,1-3H3,(H,14,15,16,17). The lowest BCUT2D eigenvalue weighted by Crippen LogP contribution is -2.22. The van der Waals surface area contributed by atoms with Crippen LogP contribution in [-0.4, -0.2) is 41.7 Å². The Morgan fingerprint density at radius 2 is 2.11 bits per heavy atom. The van der Waals surface area contributed by atoms with Gasteiger partial charge in [0.2, 0.25) is 11.9 Å². The summed E-state index contributed by atoms with van der Waals surface area (Å²) >= 11 is 0. The molecule has 0 unspecified atom stereocenters. The summed E-state index contributed by atoms with van der Waals surface area (Å²) < 4.78 is 5.33. The maximum Gasteiger partial charge on any atom is 0.323 e. The van der Waals surface area contributed by atoms with E-state index >= 15 is 0 Å². The summed E-state index contributed by atoms with van der Waals surface area (Å²) in [4.78, 5) is 14.5. The van der Waals surface area contributed by atoms with Crippen LogP contribution in [0.15, 0.2) is 0 Å². The van der Waals surface area contributed by atoms with Crippen molar-refractivity contribution in [2.75, 3.05) is 37.0 Å². The highest BCUT2D eigenvalue weighted by atomic mass is 16.5. The molecule has 0 bridgehead atoms. The molecule has 0 aliphatic rings. The van der Waals surface area contributed by atoms with Gasteiger partial charge < -0.3 is 15.0 Å². The largest absolute Gasteiger partial charge is 0.464 e. The Kier molecular flexibility index (Phi) is 6.36. The lowest BCUT2D eigenvalue weighted by molar-refractivity contribution is 0.312. The van der Waals surface area contributed by atoms with Crippen molar-refractivity contribution in [3.05, 3.63) is 0 Å². The van der Waals surface area contributed by atoms with E-state index in [0.717, 1.165) is 13.0 Å². The fraction of sp³-hybridized carbons (Fsp3) is 0.667. The molecule has 104 valence electrons. The predicted octanol–water partition coefficient (Wildman–Crippen LogP) is 1.44. The molecule has 0 spiro atoms. The van der Waals surface area contributed by atoms with Crippen LogP contribution < -0.4 is 15.0 Å². The van der Waals surface area contributed by atoms with E-state index in [9.17, 15) is 0 Å². The van der Waals surface area contributed by atoms with Gasteiger partial charge in [0, 0.05) is 20.1 Å². The molecule has 0 aromatic carbocycles. The average Bonchev–Trinajstić information content (AvgIpc) is 2.42. The van der Waals surface area contributed by atoms with Crippen molar-refractivity contribution in [1.29, 1.82) is 5.26 Å². The van der Waals surface area contributed by atoms with Gasteiger partial charge in [0.25, 0.3) is 0 Å². The molecule has 1 N–H and O–H groups in total. The first kappa shape index (κ1) is 15.0. The van der Waals surface area contributed by atoms with Gasteiger partial charge in [-0.25, -0.2) is 0 Å². The Bertz CT molecular complexity index is 431. The average molecular weight is 264 g/mol. The van der Waals surface area contributed by atoms with E-state index in [2.05, 4.69) is 33.3 Å². The van der Waals surface area contributed by atoms with Crippen LogP contribution in [0.4, 0.5) is 11.9 Å². The summed E-state index contributed by atoms with van der Waals surface area (Å²) in [7, 11) is 1.84. The lowest BCUT2D eigenvalue weighted by atomic mass is 10.4. The van der Waals surface area contributed by atoms with Crippen molar-refractivity contribution in [3.63, 3.8) is 0 Å². The normalized spacial score (nSPS) is 9.79. The van der Waals surface area contributed by atoms with Crippen LogP contribution in [0.3, 0.4) is 0 Å². The molecule has 0 aliphatic heterocycles. The van der Waals surface area contributed by atoms with Gasteiger partial charge in [0.1, 0.15) is 0 Å². The van der Waals surface area contributed by atoms with Crippen LogP contribution in [0, 0.1) is 11.3 Å². The molecule has 1 aromatic rings. The number of nitriles is 1. The minimum atomic E-state index is 0.301. The number of hydrogen-bond acceptors (Lipinski definition) is 7.